The number of ether oxygens (including phenoxy) is 1. The quantitative estimate of drug-likeness (QED) is 0.458. The highest BCUT2D eigenvalue weighted by Crippen LogP contribution is 2.21. The van der Waals surface area contributed by atoms with Crippen LogP contribution in [0, 0.1) is 18.8 Å². The van der Waals surface area contributed by atoms with Gasteiger partial charge in [-0.15, -0.1) is 0 Å². The average Bonchev–Trinajstić information content (AvgIpc) is 2.82. The van der Waals surface area contributed by atoms with E-state index in [2.05, 4.69) is 31.8 Å². The SMILES string of the molecule is Cc1cc(OCc2ncccn2)cc(=O)n1[C@H](C)c1ccc(C#Cc2ncccn2)cc1. The van der Waals surface area contributed by atoms with Crippen LogP contribution in [-0.2, 0) is 6.61 Å². The van der Waals surface area contributed by atoms with Crippen LogP contribution in [0.2, 0.25) is 0 Å². The van der Waals surface area contributed by atoms with Gasteiger partial charge < -0.3 is 9.30 Å². The third-order valence-electron chi connectivity index (χ3n) is 4.89. The summed E-state index contributed by atoms with van der Waals surface area (Å²) in [4.78, 5) is 29.3. The molecule has 0 N–H and O–H groups in total. The van der Waals surface area contributed by atoms with Gasteiger partial charge in [-0.1, -0.05) is 18.1 Å². The Morgan fingerprint density at radius 2 is 1.59 bits per heavy atom. The lowest BCUT2D eigenvalue weighted by Crippen LogP contribution is -2.25. The first kappa shape index (κ1) is 20.9. The summed E-state index contributed by atoms with van der Waals surface area (Å²) in [5, 5.41) is 0. The standard InChI is InChI=1S/C25H21N5O2/c1-18-15-22(32-17-24-28-13-4-14-29-24)16-25(31)30(18)19(2)21-8-5-20(6-9-21)7-10-23-26-11-3-12-27-23/h3-6,8-9,11-16,19H,17H2,1-2H3/t19-/m1/s1. The van der Waals surface area contributed by atoms with Crippen molar-refractivity contribution in [3.8, 4) is 17.6 Å². The number of hydrogen-bond donors (Lipinski definition) is 0. The first-order valence-electron chi connectivity index (χ1n) is 10.1. The average molecular weight is 423 g/mol. The molecule has 0 unspecified atom stereocenters. The topological polar surface area (TPSA) is 82.8 Å². The zero-order valence-corrected chi connectivity index (χ0v) is 17.8. The van der Waals surface area contributed by atoms with Gasteiger partial charge in [0.15, 0.2) is 5.82 Å². The molecule has 4 aromatic rings. The maximum absolute atomic E-state index is 12.8. The van der Waals surface area contributed by atoms with Crippen LogP contribution in [0.3, 0.4) is 0 Å². The summed E-state index contributed by atoms with van der Waals surface area (Å²) in [5.74, 6) is 7.53. The summed E-state index contributed by atoms with van der Waals surface area (Å²) in [6.07, 6.45) is 6.63. The second-order valence-corrected chi connectivity index (χ2v) is 7.11. The van der Waals surface area contributed by atoms with Gasteiger partial charge in [0.1, 0.15) is 12.4 Å². The Labute approximate surface area is 185 Å². The smallest absolute Gasteiger partial charge is 0.254 e. The molecule has 0 amide bonds. The zero-order chi connectivity index (χ0) is 22.3. The molecule has 0 aliphatic rings. The van der Waals surface area contributed by atoms with E-state index in [1.165, 1.54) is 6.07 Å². The summed E-state index contributed by atoms with van der Waals surface area (Å²) in [6, 6.07) is 14.5. The Kier molecular flexibility index (Phi) is 6.33. The highest BCUT2D eigenvalue weighted by molar-refractivity contribution is 5.40. The van der Waals surface area contributed by atoms with E-state index in [0.717, 1.165) is 16.8 Å². The molecule has 4 rings (SSSR count). The Morgan fingerprint density at radius 3 is 2.25 bits per heavy atom. The highest BCUT2D eigenvalue weighted by atomic mass is 16.5. The van der Waals surface area contributed by atoms with Crippen molar-refractivity contribution < 1.29 is 4.74 Å². The molecule has 0 fully saturated rings. The Balaban J connectivity index is 1.49. The van der Waals surface area contributed by atoms with Crippen LogP contribution in [0.25, 0.3) is 0 Å². The number of benzene rings is 1. The number of hydrogen-bond acceptors (Lipinski definition) is 6. The molecule has 7 nitrogen and oxygen atoms in total. The molecule has 32 heavy (non-hydrogen) atoms. The molecule has 158 valence electrons. The summed E-state index contributed by atoms with van der Waals surface area (Å²) >= 11 is 0. The molecule has 1 atom stereocenters. The number of pyridine rings is 1. The molecule has 3 heterocycles. The summed E-state index contributed by atoms with van der Waals surface area (Å²) in [7, 11) is 0. The Morgan fingerprint density at radius 1 is 0.938 bits per heavy atom. The van der Waals surface area contributed by atoms with E-state index in [1.807, 2.05) is 44.2 Å². The van der Waals surface area contributed by atoms with Gasteiger partial charge in [0.05, 0.1) is 6.04 Å². The van der Waals surface area contributed by atoms with Crippen LogP contribution >= 0.6 is 0 Å². The van der Waals surface area contributed by atoms with E-state index in [4.69, 9.17) is 4.74 Å². The minimum Gasteiger partial charge on any atom is -0.485 e. The molecule has 0 spiro atoms. The van der Waals surface area contributed by atoms with Crippen molar-refractivity contribution in [1.29, 1.82) is 0 Å². The molecular formula is C25H21N5O2. The molecule has 0 bridgehead atoms. The highest BCUT2D eigenvalue weighted by Gasteiger charge is 2.13. The molecule has 0 saturated heterocycles. The van der Waals surface area contributed by atoms with Gasteiger partial charge in [-0.3, -0.25) is 4.79 Å². The normalized spacial score (nSPS) is 11.3. The fraction of sp³-hybridized carbons (Fsp3) is 0.160. The van der Waals surface area contributed by atoms with Gasteiger partial charge in [0.25, 0.3) is 5.56 Å². The Hall–Kier alpha value is -4.31. The van der Waals surface area contributed by atoms with Crippen molar-refractivity contribution in [3.63, 3.8) is 0 Å². The zero-order valence-electron chi connectivity index (χ0n) is 17.8. The molecule has 0 aliphatic carbocycles. The molecular weight excluding hydrogens is 402 g/mol. The maximum Gasteiger partial charge on any atom is 0.254 e. The molecule has 0 radical (unpaired) electrons. The van der Waals surface area contributed by atoms with E-state index < -0.39 is 0 Å². The maximum atomic E-state index is 12.8. The van der Waals surface area contributed by atoms with Crippen molar-refractivity contribution >= 4 is 0 Å². The van der Waals surface area contributed by atoms with Crippen molar-refractivity contribution in [2.75, 3.05) is 0 Å². The van der Waals surface area contributed by atoms with E-state index in [1.54, 1.807) is 41.5 Å². The van der Waals surface area contributed by atoms with Crippen LogP contribution < -0.4 is 10.3 Å². The molecule has 0 aliphatic heterocycles. The second kappa shape index (κ2) is 9.67. The van der Waals surface area contributed by atoms with Crippen molar-refractivity contribution in [2.24, 2.45) is 0 Å². The lowest BCUT2D eigenvalue weighted by Gasteiger charge is -2.19. The van der Waals surface area contributed by atoms with E-state index in [0.29, 0.717) is 17.4 Å². The van der Waals surface area contributed by atoms with Gasteiger partial charge in [0.2, 0.25) is 5.82 Å². The molecule has 1 aromatic carbocycles. The fourth-order valence-corrected chi connectivity index (χ4v) is 3.30. The largest absolute Gasteiger partial charge is 0.485 e. The number of rotatable bonds is 5. The lowest BCUT2D eigenvalue weighted by atomic mass is 10.1. The molecule has 7 heteroatoms. The van der Waals surface area contributed by atoms with Gasteiger partial charge in [0, 0.05) is 42.1 Å². The lowest BCUT2D eigenvalue weighted by molar-refractivity contribution is 0.294. The fourth-order valence-electron chi connectivity index (χ4n) is 3.30. The molecule has 3 aromatic heterocycles. The van der Waals surface area contributed by atoms with E-state index in [9.17, 15) is 4.79 Å². The Bertz CT molecular complexity index is 1310. The van der Waals surface area contributed by atoms with Crippen LogP contribution in [0.15, 0.2) is 78.1 Å². The monoisotopic (exact) mass is 423 g/mol. The minimum absolute atomic E-state index is 0.133. The van der Waals surface area contributed by atoms with Crippen LogP contribution in [0.4, 0.5) is 0 Å². The van der Waals surface area contributed by atoms with Crippen molar-refractivity contribution in [2.45, 2.75) is 26.5 Å². The van der Waals surface area contributed by atoms with E-state index in [-0.39, 0.29) is 18.2 Å². The van der Waals surface area contributed by atoms with Crippen LogP contribution in [-0.4, -0.2) is 24.5 Å². The van der Waals surface area contributed by atoms with Crippen molar-refractivity contribution in [3.05, 3.63) is 112 Å². The summed E-state index contributed by atoms with van der Waals surface area (Å²) in [5.41, 5.74) is 2.53. The first-order valence-corrected chi connectivity index (χ1v) is 10.1. The second-order valence-electron chi connectivity index (χ2n) is 7.11. The van der Waals surface area contributed by atoms with Crippen LogP contribution in [0.5, 0.6) is 5.75 Å². The van der Waals surface area contributed by atoms with Gasteiger partial charge in [-0.2, -0.15) is 0 Å². The number of aromatic nitrogens is 5. The first-order chi connectivity index (χ1) is 15.6. The predicted molar refractivity (Wildman–Crippen MR) is 120 cm³/mol. The summed E-state index contributed by atoms with van der Waals surface area (Å²) in [6.45, 7) is 4.09. The summed E-state index contributed by atoms with van der Waals surface area (Å²) < 4.78 is 7.45. The third kappa shape index (κ3) is 5.05. The predicted octanol–water partition coefficient (Wildman–Crippen LogP) is 3.32. The van der Waals surface area contributed by atoms with Gasteiger partial charge in [-0.05, 0) is 55.7 Å². The van der Waals surface area contributed by atoms with Crippen molar-refractivity contribution in [1.82, 2.24) is 24.5 Å². The number of aryl methyl sites for hydroxylation is 1. The van der Waals surface area contributed by atoms with Gasteiger partial charge in [-0.25, -0.2) is 19.9 Å². The van der Waals surface area contributed by atoms with Crippen LogP contribution in [0.1, 0.15) is 41.4 Å². The van der Waals surface area contributed by atoms with E-state index >= 15 is 0 Å². The molecule has 0 saturated carbocycles. The third-order valence-corrected chi connectivity index (χ3v) is 4.89. The number of nitrogens with zero attached hydrogens (tertiary/aromatic N) is 5. The van der Waals surface area contributed by atoms with Gasteiger partial charge >= 0.3 is 0 Å². The minimum atomic E-state index is -0.145.